The summed E-state index contributed by atoms with van der Waals surface area (Å²) in [6.07, 6.45) is 1.32. The van der Waals surface area contributed by atoms with E-state index >= 15 is 0 Å². The maximum atomic E-state index is 11.8. The summed E-state index contributed by atoms with van der Waals surface area (Å²) < 4.78 is 5.44. The molecule has 0 radical (unpaired) electrons. The van der Waals surface area contributed by atoms with Crippen LogP contribution in [0.1, 0.15) is 24.2 Å². The third-order valence-corrected chi connectivity index (χ3v) is 2.46. The number of hydrogen-bond acceptors (Lipinski definition) is 3. The molecule has 5 nitrogen and oxygen atoms in total. The predicted octanol–water partition coefficient (Wildman–Crippen LogP) is 2.01. The Balaban J connectivity index is 2.82. The molecule has 1 heterocycles. The first-order valence-electron chi connectivity index (χ1n) is 5.55. The van der Waals surface area contributed by atoms with Gasteiger partial charge in [0, 0.05) is 12.3 Å². The van der Waals surface area contributed by atoms with Gasteiger partial charge in [-0.05, 0) is 26.0 Å². The van der Waals surface area contributed by atoms with Gasteiger partial charge in [-0.2, -0.15) is 0 Å². The van der Waals surface area contributed by atoms with E-state index in [-0.39, 0.29) is 28.2 Å². The summed E-state index contributed by atoms with van der Waals surface area (Å²) in [4.78, 5) is 26.0. The Morgan fingerprint density at radius 2 is 2.06 bits per heavy atom. The number of aromatic carboxylic acids is 1. The summed E-state index contributed by atoms with van der Waals surface area (Å²) in [6.45, 7) is 3.59. The van der Waals surface area contributed by atoms with Gasteiger partial charge in [-0.25, -0.2) is 4.79 Å². The zero-order chi connectivity index (χ0) is 13.3. The highest BCUT2D eigenvalue weighted by Gasteiger charge is 2.18. The molecule has 2 aromatic rings. The van der Waals surface area contributed by atoms with Crippen molar-refractivity contribution in [1.82, 2.24) is 4.98 Å². The summed E-state index contributed by atoms with van der Waals surface area (Å²) in [7, 11) is 0. The molecule has 0 amide bonds. The molecule has 0 aliphatic carbocycles. The number of nitrogens with one attached hydrogen (secondary N) is 1. The van der Waals surface area contributed by atoms with Crippen molar-refractivity contribution in [3.8, 4) is 5.75 Å². The molecule has 0 unspecified atom stereocenters. The van der Waals surface area contributed by atoms with Crippen LogP contribution in [-0.4, -0.2) is 22.2 Å². The first-order chi connectivity index (χ1) is 8.50. The summed E-state index contributed by atoms with van der Waals surface area (Å²) >= 11 is 0. The van der Waals surface area contributed by atoms with Crippen LogP contribution >= 0.6 is 0 Å². The molecule has 2 rings (SSSR count). The Morgan fingerprint density at radius 1 is 1.33 bits per heavy atom. The lowest BCUT2D eigenvalue weighted by molar-refractivity contribution is 0.0693. The summed E-state index contributed by atoms with van der Waals surface area (Å²) in [5, 5.41) is 9.41. The zero-order valence-corrected chi connectivity index (χ0v) is 10.1. The van der Waals surface area contributed by atoms with Crippen molar-refractivity contribution in [2.75, 3.05) is 0 Å². The fourth-order valence-corrected chi connectivity index (χ4v) is 1.81. The number of ether oxygens (including phenoxy) is 1. The highest BCUT2D eigenvalue weighted by atomic mass is 16.5. The number of aromatic nitrogens is 1. The van der Waals surface area contributed by atoms with E-state index < -0.39 is 5.97 Å². The van der Waals surface area contributed by atoms with Gasteiger partial charge in [-0.3, -0.25) is 4.79 Å². The van der Waals surface area contributed by atoms with Crippen LogP contribution in [0.15, 0.2) is 29.2 Å². The molecule has 18 heavy (non-hydrogen) atoms. The Morgan fingerprint density at radius 3 is 2.67 bits per heavy atom. The first kappa shape index (κ1) is 12.2. The Kier molecular flexibility index (Phi) is 3.06. The number of pyridine rings is 1. The predicted molar refractivity (Wildman–Crippen MR) is 67.3 cm³/mol. The van der Waals surface area contributed by atoms with E-state index in [1.807, 2.05) is 0 Å². The van der Waals surface area contributed by atoms with Gasteiger partial charge in [0.25, 0.3) is 0 Å². The maximum absolute atomic E-state index is 11.8. The van der Waals surface area contributed by atoms with Crippen LogP contribution in [0.4, 0.5) is 0 Å². The van der Waals surface area contributed by atoms with Crippen LogP contribution in [0.25, 0.3) is 10.9 Å². The lowest BCUT2D eigenvalue weighted by Crippen LogP contribution is -2.13. The summed E-state index contributed by atoms with van der Waals surface area (Å²) in [6, 6.07) is 4.50. The molecular formula is C13H13NO4. The first-order valence-corrected chi connectivity index (χ1v) is 5.55. The van der Waals surface area contributed by atoms with Gasteiger partial charge in [0.2, 0.25) is 0 Å². The van der Waals surface area contributed by atoms with E-state index in [4.69, 9.17) is 4.74 Å². The van der Waals surface area contributed by atoms with Gasteiger partial charge >= 0.3 is 5.97 Å². The molecule has 1 aromatic heterocycles. The van der Waals surface area contributed by atoms with Crippen LogP contribution in [-0.2, 0) is 0 Å². The fourth-order valence-electron chi connectivity index (χ4n) is 1.81. The van der Waals surface area contributed by atoms with Crippen molar-refractivity contribution >= 4 is 16.9 Å². The highest BCUT2D eigenvalue weighted by molar-refractivity contribution is 6.05. The molecule has 0 aliphatic heterocycles. The van der Waals surface area contributed by atoms with Crippen molar-refractivity contribution in [3.05, 3.63) is 40.2 Å². The third kappa shape index (κ3) is 2.07. The number of carboxylic acids is 1. The number of aromatic amines is 1. The average molecular weight is 247 g/mol. The fraction of sp³-hybridized carbons (Fsp3) is 0.231. The van der Waals surface area contributed by atoms with Gasteiger partial charge in [0.15, 0.2) is 5.43 Å². The van der Waals surface area contributed by atoms with Crippen LogP contribution in [0.5, 0.6) is 5.75 Å². The standard InChI is InChI=1S/C13H13NO4/c1-7(2)18-10-4-3-8-11(12(10)13(16)17)9(15)5-6-14-8/h3-7H,1-2H3,(H,14,15)(H,16,17). The van der Waals surface area contributed by atoms with Crippen LogP contribution < -0.4 is 10.2 Å². The minimum Gasteiger partial charge on any atom is -0.490 e. The van der Waals surface area contributed by atoms with Gasteiger partial charge in [-0.1, -0.05) is 0 Å². The Labute approximate surface area is 103 Å². The monoisotopic (exact) mass is 247 g/mol. The molecule has 0 saturated carbocycles. The quantitative estimate of drug-likeness (QED) is 0.869. The van der Waals surface area contributed by atoms with Crippen LogP contribution in [0, 0.1) is 0 Å². The second-order valence-corrected chi connectivity index (χ2v) is 4.17. The van der Waals surface area contributed by atoms with Crippen LogP contribution in [0.3, 0.4) is 0 Å². The molecule has 1 aromatic carbocycles. The highest BCUT2D eigenvalue weighted by Crippen LogP contribution is 2.25. The number of rotatable bonds is 3. The van der Waals surface area contributed by atoms with E-state index in [2.05, 4.69) is 4.98 Å². The second-order valence-electron chi connectivity index (χ2n) is 4.17. The minimum absolute atomic E-state index is 0.0944. The Hall–Kier alpha value is -2.30. The van der Waals surface area contributed by atoms with Gasteiger partial charge in [0.05, 0.1) is 17.0 Å². The molecule has 0 fully saturated rings. The maximum Gasteiger partial charge on any atom is 0.340 e. The number of carbonyl (C=O) groups is 1. The smallest absolute Gasteiger partial charge is 0.340 e. The molecular weight excluding hydrogens is 234 g/mol. The van der Waals surface area contributed by atoms with Crippen molar-refractivity contribution in [2.45, 2.75) is 20.0 Å². The van der Waals surface area contributed by atoms with E-state index in [0.29, 0.717) is 5.52 Å². The van der Waals surface area contributed by atoms with E-state index in [1.165, 1.54) is 12.3 Å². The zero-order valence-electron chi connectivity index (χ0n) is 10.1. The third-order valence-electron chi connectivity index (χ3n) is 2.46. The van der Waals surface area contributed by atoms with E-state index in [9.17, 15) is 14.7 Å². The van der Waals surface area contributed by atoms with Crippen molar-refractivity contribution < 1.29 is 14.6 Å². The minimum atomic E-state index is -1.17. The number of carboxylic acid groups (broad SMARTS) is 1. The topological polar surface area (TPSA) is 79.4 Å². The van der Waals surface area contributed by atoms with Gasteiger partial charge in [-0.15, -0.1) is 0 Å². The van der Waals surface area contributed by atoms with Crippen LogP contribution in [0.2, 0.25) is 0 Å². The van der Waals surface area contributed by atoms with E-state index in [1.54, 1.807) is 26.0 Å². The summed E-state index contributed by atoms with van der Waals surface area (Å²) in [5.74, 6) is -0.963. The molecule has 0 atom stereocenters. The lowest BCUT2D eigenvalue weighted by Gasteiger charge is -2.13. The molecule has 0 spiro atoms. The molecule has 0 bridgehead atoms. The van der Waals surface area contributed by atoms with Crippen molar-refractivity contribution in [2.24, 2.45) is 0 Å². The molecule has 5 heteroatoms. The summed E-state index contributed by atoms with van der Waals surface area (Å²) in [5.41, 5.74) is 0.0504. The number of fused-ring (bicyclic) bond motifs is 1. The average Bonchev–Trinajstić information content (AvgIpc) is 2.28. The Bertz CT molecular complexity index is 658. The number of benzene rings is 1. The molecule has 0 aliphatic rings. The molecule has 94 valence electrons. The SMILES string of the molecule is CC(C)Oc1ccc2[nH]ccc(=O)c2c1C(=O)O. The normalized spacial score (nSPS) is 10.8. The van der Waals surface area contributed by atoms with Crippen molar-refractivity contribution in [1.29, 1.82) is 0 Å². The van der Waals surface area contributed by atoms with Crippen molar-refractivity contribution in [3.63, 3.8) is 0 Å². The van der Waals surface area contributed by atoms with Gasteiger partial charge in [0.1, 0.15) is 11.3 Å². The van der Waals surface area contributed by atoms with Gasteiger partial charge < -0.3 is 14.8 Å². The number of hydrogen-bond donors (Lipinski definition) is 2. The second kappa shape index (κ2) is 4.52. The molecule has 2 N–H and O–H groups in total. The largest absolute Gasteiger partial charge is 0.490 e. The lowest BCUT2D eigenvalue weighted by atomic mass is 10.1. The molecule has 0 saturated heterocycles. The van der Waals surface area contributed by atoms with E-state index in [0.717, 1.165) is 0 Å². The number of H-pyrrole nitrogens is 1.